The normalized spacial score (nSPS) is 10.2. The highest BCUT2D eigenvalue weighted by atomic mass is 35.5. The van der Waals surface area contributed by atoms with Gasteiger partial charge < -0.3 is 14.8 Å². The standard InChI is InChI=1S/C18H17Cl2NO4/c1-24-16-6-4-12(7-13(16)18(23)25-2)10-21-17(22)9-11-3-5-14(19)15(20)8-11/h3-8H,9-10H2,1-2H3,(H,21,22). The third-order valence-corrected chi connectivity index (χ3v) is 4.25. The number of ether oxygens (including phenoxy) is 2. The van der Waals surface area contributed by atoms with Crippen LogP contribution in [0, 0.1) is 0 Å². The minimum atomic E-state index is -0.499. The number of rotatable bonds is 6. The zero-order valence-corrected chi connectivity index (χ0v) is 15.3. The average molecular weight is 382 g/mol. The van der Waals surface area contributed by atoms with Crippen LogP contribution < -0.4 is 10.1 Å². The number of methoxy groups -OCH3 is 2. The first-order valence-corrected chi connectivity index (χ1v) is 8.16. The molecule has 7 heteroatoms. The van der Waals surface area contributed by atoms with Crippen LogP contribution in [0.15, 0.2) is 36.4 Å². The second kappa shape index (κ2) is 8.74. The Balaban J connectivity index is 2.01. The maximum absolute atomic E-state index is 12.1. The molecule has 2 aromatic rings. The van der Waals surface area contributed by atoms with Gasteiger partial charge in [-0.15, -0.1) is 0 Å². The largest absolute Gasteiger partial charge is 0.496 e. The molecule has 0 aliphatic carbocycles. The molecule has 1 amide bonds. The monoisotopic (exact) mass is 381 g/mol. The fourth-order valence-corrected chi connectivity index (χ4v) is 2.55. The van der Waals surface area contributed by atoms with E-state index < -0.39 is 5.97 Å². The van der Waals surface area contributed by atoms with Gasteiger partial charge in [0, 0.05) is 6.54 Å². The fraction of sp³-hybridized carbons (Fsp3) is 0.222. The van der Waals surface area contributed by atoms with Crippen LogP contribution >= 0.6 is 23.2 Å². The van der Waals surface area contributed by atoms with Crippen LogP contribution in [-0.2, 0) is 22.5 Å². The number of hydrogen-bond donors (Lipinski definition) is 1. The summed E-state index contributed by atoms with van der Waals surface area (Å²) in [6.07, 6.45) is 0.177. The molecular formula is C18H17Cl2NO4. The van der Waals surface area contributed by atoms with Gasteiger partial charge in [-0.1, -0.05) is 35.3 Å². The van der Waals surface area contributed by atoms with Crippen LogP contribution in [0.4, 0.5) is 0 Å². The second-order valence-corrected chi connectivity index (χ2v) is 6.04. The summed E-state index contributed by atoms with van der Waals surface area (Å²) < 4.78 is 9.87. The van der Waals surface area contributed by atoms with E-state index in [0.717, 1.165) is 11.1 Å². The maximum Gasteiger partial charge on any atom is 0.341 e. The Bertz CT molecular complexity index is 793. The van der Waals surface area contributed by atoms with E-state index in [2.05, 4.69) is 5.32 Å². The summed E-state index contributed by atoms with van der Waals surface area (Å²) in [5.41, 5.74) is 1.82. The Kier molecular flexibility index (Phi) is 6.67. The highest BCUT2D eigenvalue weighted by Crippen LogP contribution is 2.23. The van der Waals surface area contributed by atoms with Crippen molar-refractivity contribution in [3.05, 3.63) is 63.1 Å². The molecule has 0 saturated heterocycles. The van der Waals surface area contributed by atoms with Gasteiger partial charge in [-0.2, -0.15) is 0 Å². The predicted octanol–water partition coefficient (Wildman–Crippen LogP) is 3.65. The first-order chi connectivity index (χ1) is 11.9. The van der Waals surface area contributed by atoms with Gasteiger partial charge in [-0.3, -0.25) is 4.79 Å². The molecule has 0 aliphatic rings. The summed E-state index contributed by atoms with van der Waals surface area (Å²) in [6.45, 7) is 0.272. The summed E-state index contributed by atoms with van der Waals surface area (Å²) in [5.74, 6) is -0.257. The number of carbonyl (C=O) groups is 2. The van der Waals surface area contributed by atoms with Crippen LogP contribution in [-0.4, -0.2) is 26.1 Å². The van der Waals surface area contributed by atoms with Gasteiger partial charge in [-0.05, 0) is 35.4 Å². The van der Waals surface area contributed by atoms with E-state index in [-0.39, 0.29) is 18.9 Å². The zero-order valence-electron chi connectivity index (χ0n) is 13.8. The highest BCUT2D eigenvalue weighted by Gasteiger charge is 2.14. The summed E-state index contributed by atoms with van der Waals surface area (Å²) in [5, 5.41) is 3.65. The quantitative estimate of drug-likeness (QED) is 0.775. The van der Waals surface area contributed by atoms with E-state index in [1.54, 1.807) is 36.4 Å². The summed E-state index contributed by atoms with van der Waals surface area (Å²) in [6, 6.07) is 10.1. The van der Waals surface area contributed by atoms with Crippen molar-refractivity contribution in [1.82, 2.24) is 5.32 Å². The SMILES string of the molecule is COC(=O)c1cc(CNC(=O)Cc2ccc(Cl)c(Cl)c2)ccc1OC. The van der Waals surface area contributed by atoms with Crippen LogP contribution in [0.5, 0.6) is 5.75 Å². The molecule has 0 saturated carbocycles. The van der Waals surface area contributed by atoms with Crippen molar-refractivity contribution in [3.63, 3.8) is 0 Å². The Morgan fingerprint density at radius 2 is 1.72 bits per heavy atom. The molecule has 0 aliphatic heterocycles. The van der Waals surface area contributed by atoms with Gasteiger partial charge in [0.15, 0.2) is 0 Å². The van der Waals surface area contributed by atoms with Crippen LogP contribution in [0.25, 0.3) is 0 Å². The van der Waals surface area contributed by atoms with E-state index in [4.69, 9.17) is 32.7 Å². The smallest absolute Gasteiger partial charge is 0.341 e. The molecular weight excluding hydrogens is 365 g/mol. The van der Waals surface area contributed by atoms with E-state index >= 15 is 0 Å². The molecule has 0 unspecified atom stereocenters. The molecule has 0 heterocycles. The number of esters is 1. The molecule has 2 aromatic carbocycles. The molecule has 0 spiro atoms. The van der Waals surface area contributed by atoms with Gasteiger partial charge in [0.25, 0.3) is 0 Å². The van der Waals surface area contributed by atoms with Crippen molar-refractivity contribution in [2.24, 2.45) is 0 Å². The summed E-state index contributed by atoms with van der Waals surface area (Å²) in [7, 11) is 2.77. The Morgan fingerprint density at radius 1 is 1.00 bits per heavy atom. The third kappa shape index (κ3) is 5.11. The van der Waals surface area contributed by atoms with E-state index in [1.807, 2.05) is 0 Å². The minimum absolute atomic E-state index is 0.172. The van der Waals surface area contributed by atoms with Gasteiger partial charge in [0.2, 0.25) is 5.91 Å². The van der Waals surface area contributed by atoms with Crippen molar-refractivity contribution >= 4 is 35.1 Å². The lowest BCUT2D eigenvalue weighted by Crippen LogP contribution is -2.24. The van der Waals surface area contributed by atoms with Gasteiger partial charge in [0.1, 0.15) is 11.3 Å². The lowest BCUT2D eigenvalue weighted by molar-refractivity contribution is -0.120. The molecule has 0 atom stereocenters. The lowest BCUT2D eigenvalue weighted by Gasteiger charge is -2.10. The maximum atomic E-state index is 12.1. The molecule has 0 radical (unpaired) electrons. The summed E-state index contributed by atoms with van der Waals surface area (Å²) in [4.78, 5) is 23.8. The number of halogens is 2. The second-order valence-electron chi connectivity index (χ2n) is 5.23. The fourth-order valence-electron chi connectivity index (χ4n) is 2.23. The number of hydrogen-bond acceptors (Lipinski definition) is 4. The van der Waals surface area contributed by atoms with Gasteiger partial charge >= 0.3 is 5.97 Å². The number of amides is 1. The minimum Gasteiger partial charge on any atom is -0.496 e. The van der Waals surface area contributed by atoms with Crippen molar-refractivity contribution in [3.8, 4) is 5.75 Å². The molecule has 0 aromatic heterocycles. The van der Waals surface area contributed by atoms with Gasteiger partial charge in [-0.25, -0.2) is 4.79 Å². The van der Waals surface area contributed by atoms with E-state index in [0.29, 0.717) is 21.4 Å². The van der Waals surface area contributed by atoms with E-state index in [9.17, 15) is 9.59 Å². The Morgan fingerprint density at radius 3 is 2.36 bits per heavy atom. The first-order valence-electron chi connectivity index (χ1n) is 7.40. The van der Waals surface area contributed by atoms with Crippen molar-refractivity contribution in [2.45, 2.75) is 13.0 Å². The Labute approximate surface area is 155 Å². The molecule has 132 valence electrons. The Hall–Kier alpha value is -2.24. The molecule has 2 rings (SSSR count). The van der Waals surface area contributed by atoms with Gasteiger partial charge in [0.05, 0.1) is 30.7 Å². The van der Waals surface area contributed by atoms with Crippen molar-refractivity contribution < 1.29 is 19.1 Å². The third-order valence-electron chi connectivity index (χ3n) is 3.51. The first kappa shape index (κ1) is 19.1. The number of benzene rings is 2. The number of carbonyl (C=O) groups excluding carboxylic acids is 2. The number of nitrogens with one attached hydrogen (secondary N) is 1. The lowest BCUT2D eigenvalue weighted by atomic mass is 10.1. The molecule has 0 bridgehead atoms. The molecule has 5 nitrogen and oxygen atoms in total. The molecule has 1 N–H and O–H groups in total. The van der Waals surface area contributed by atoms with Crippen LogP contribution in [0.1, 0.15) is 21.5 Å². The molecule has 25 heavy (non-hydrogen) atoms. The topological polar surface area (TPSA) is 64.6 Å². The van der Waals surface area contributed by atoms with Crippen molar-refractivity contribution in [2.75, 3.05) is 14.2 Å². The van der Waals surface area contributed by atoms with Crippen LogP contribution in [0.3, 0.4) is 0 Å². The predicted molar refractivity (Wildman–Crippen MR) is 96.3 cm³/mol. The summed E-state index contributed by atoms with van der Waals surface area (Å²) >= 11 is 11.8. The highest BCUT2D eigenvalue weighted by molar-refractivity contribution is 6.42. The average Bonchev–Trinajstić information content (AvgIpc) is 2.62. The zero-order chi connectivity index (χ0) is 18.4. The van der Waals surface area contributed by atoms with E-state index in [1.165, 1.54) is 14.2 Å². The van der Waals surface area contributed by atoms with Crippen LogP contribution in [0.2, 0.25) is 10.0 Å². The van der Waals surface area contributed by atoms with Crippen molar-refractivity contribution in [1.29, 1.82) is 0 Å². The molecule has 0 fully saturated rings.